The zero-order valence-electron chi connectivity index (χ0n) is 17.6. The fourth-order valence-corrected chi connectivity index (χ4v) is 4.32. The summed E-state index contributed by atoms with van der Waals surface area (Å²) in [5, 5.41) is 9.04. The molecule has 2 aliphatic carbocycles. The average Bonchev–Trinajstić information content (AvgIpc) is 3.03. The first-order valence-corrected chi connectivity index (χ1v) is 9.68. The molecule has 27 heavy (non-hydrogen) atoms. The number of hydrogen-bond acceptors (Lipinski definition) is 2. The van der Waals surface area contributed by atoms with E-state index >= 15 is 0 Å². The number of benzene rings is 1. The van der Waals surface area contributed by atoms with Gasteiger partial charge in [-0.1, -0.05) is 43.4 Å². The molecular weight excluding hydrogens is 347 g/mol. The van der Waals surface area contributed by atoms with Crippen LogP contribution >= 0.6 is 0 Å². The third kappa shape index (κ3) is 6.14. The molecule has 0 bridgehead atoms. The van der Waals surface area contributed by atoms with Gasteiger partial charge in [-0.05, 0) is 61.3 Å². The third-order valence-corrected chi connectivity index (χ3v) is 5.71. The fraction of sp³-hybridized carbons (Fsp3) is 0.522. The molecule has 2 aliphatic rings. The molecule has 0 heterocycles. The molecule has 140 valence electrons. The Morgan fingerprint density at radius 2 is 1.93 bits per heavy atom. The predicted molar refractivity (Wildman–Crippen MR) is 104 cm³/mol. The van der Waals surface area contributed by atoms with Crippen molar-refractivity contribution in [2.75, 3.05) is 6.61 Å². The average molecular weight is 376 g/mol. The van der Waals surface area contributed by atoms with Crippen molar-refractivity contribution in [1.82, 2.24) is 0 Å². The Balaban J connectivity index is 0.00000196. The van der Waals surface area contributed by atoms with E-state index in [1.807, 2.05) is 24.3 Å². The van der Waals surface area contributed by atoms with Crippen molar-refractivity contribution in [3.05, 3.63) is 41.5 Å². The minimum Gasteiger partial charge on any atom is -1.00 e. The van der Waals surface area contributed by atoms with Gasteiger partial charge in [0, 0.05) is 0 Å². The topological polar surface area (TPSA) is 46.5 Å². The number of ether oxygens (including phenoxy) is 1. The number of carboxylic acid groups (broad SMARTS) is 1. The van der Waals surface area contributed by atoms with Crippen LogP contribution in [0.5, 0.6) is 5.75 Å². The molecule has 0 saturated heterocycles. The zero-order chi connectivity index (χ0) is 18.4. The number of carbonyl (C=O) groups is 1. The van der Waals surface area contributed by atoms with Crippen molar-refractivity contribution < 1.29 is 45.6 Å². The first-order chi connectivity index (χ1) is 12.6. The Bertz CT molecular complexity index is 724. The van der Waals surface area contributed by atoms with Gasteiger partial charge in [0.15, 0.2) is 0 Å². The summed E-state index contributed by atoms with van der Waals surface area (Å²) in [6.07, 6.45) is 11.8. The molecule has 1 aromatic carbocycles. The van der Waals surface area contributed by atoms with Gasteiger partial charge in [-0.25, -0.2) is 0 Å². The van der Waals surface area contributed by atoms with Crippen LogP contribution in [-0.4, -0.2) is 17.7 Å². The molecule has 0 radical (unpaired) electrons. The molecule has 3 nitrogen and oxygen atoms in total. The first kappa shape index (κ1) is 22.1. The molecule has 0 amide bonds. The van der Waals surface area contributed by atoms with Crippen molar-refractivity contribution in [2.24, 2.45) is 5.41 Å². The second kappa shape index (κ2) is 10.4. The maximum atomic E-state index is 11.0. The summed E-state index contributed by atoms with van der Waals surface area (Å²) in [5.74, 6) is 5.54. The molecule has 3 rings (SSSR count). The van der Waals surface area contributed by atoms with E-state index in [0.29, 0.717) is 12.0 Å². The van der Waals surface area contributed by atoms with Crippen molar-refractivity contribution >= 4 is 5.97 Å². The van der Waals surface area contributed by atoms with E-state index in [-0.39, 0.29) is 43.3 Å². The van der Waals surface area contributed by atoms with Crippen LogP contribution in [0.15, 0.2) is 35.9 Å². The number of carboxylic acids is 1. The van der Waals surface area contributed by atoms with Crippen LogP contribution < -0.4 is 34.3 Å². The van der Waals surface area contributed by atoms with E-state index < -0.39 is 5.97 Å². The predicted octanol–water partition coefficient (Wildman–Crippen LogP) is 2.43. The summed E-state index contributed by atoms with van der Waals surface area (Å²) < 4.78 is 5.98. The van der Waals surface area contributed by atoms with Gasteiger partial charge in [0.1, 0.15) is 12.4 Å². The number of allylic oxidation sites excluding steroid dienone is 1. The summed E-state index contributed by atoms with van der Waals surface area (Å²) >= 11 is 0. The summed E-state index contributed by atoms with van der Waals surface area (Å²) in [7, 11) is 0. The number of aliphatic carboxylic acids is 1. The maximum Gasteiger partial charge on any atom is 1.00 e. The van der Waals surface area contributed by atoms with E-state index in [1.54, 1.807) is 6.92 Å². The molecule has 0 aromatic heterocycles. The van der Waals surface area contributed by atoms with Crippen LogP contribution in [-0.2, 0) is 4.79 Å². The Morgan fingerprint density at radius 1 is 1.22 bits per heavy atom. The van der Waals surface area contributed by atoms with Crippen molar-refractivity contribution in [1.29, 1.82) is 0 Å². The maximum absolute atomic E-state index is 11.0. The molecule has 1 aromatic rings. The summed E-state index contributed by atoms with van der Waals surface area (Å²) in [4.78, 5) is 11.0. The summed E-state index contributed by atoms with van der Waals surface area (Å²) in [6.45, 7) is 2.40. The Kier molecular flexibility index (Phi) is 8.48. The normalized spacial score (nSPS) is 18.6. The molecule has 1 atom stereocenters. The van der Waals surface area contributed by atoms with E-state index in [2.05, 4.69) is 17.9 Å². The van der Waals surface area contributed by atoms with E-state index in [9.17, 15) is 4.79 Å². The van der Waals surface area contributed by atoms with Gasteiger partial charge in [0.2, 0.25) is 0 Å². The van der Waals surface area contributed by atoms with Gasteiger partial charge in [0.05, 0.1) is 12.3 Å². The SMILES string of the molecule is CC#C[C@@H](CC(=O)O)c1ccc(OCC2=CC3(CCCCC3)CC2)cc1.[H-].[Na+]. The van der Waals surface area contributed by atoms with E-state index in [1.165, 1.54) is 44.1 Å². The number of rotatable bonds is 6. The van der Waals surface area contributed by atoms with Crippen LogP contribution in [0.3, 0.4) is 0 Å². The second-order valence-electron chi connectivity index (χ2n) is 7.63. The van der Waals surface area contributed by atoms with Crippen LogP contribution in [0.2, 0.25) is 0 Å². The van der Waals surface area contributed by atoms with Crippen LogP contribution in [0, 0.1) is 17.3 Å². The number of hydrogen-bond donors (Lipinski definition) is 1. The zero-order valence-corrected chi connectivity index (χ0v) is 18.6. The molecule has 4 heteroatoms. The molecule has 0 aliphatic heterocycles. The van der Waals surface area contributed by atoms with Gasteiger partial charge in [-0.15, -0.1) is 5.92 Å². The molecule has 1 N–H and O–H groups in total. The largest absolute Gasteiger partial charge is 1.00 e. The molecular formula is C23H29NaO3. The van der Waals surface area contributed by atoms with Gasteiger partial charge >= 0.3 is 35.5 Å². The van der Waals surface area contributed by atoms with Crippen molar-refractivity contribution in [2.45, 2.75) is 64.2 Å². The minimum atomic E-state index is -0.831. The van der Waals surface area contributed by atoms with Gasteiger partial charge in [-0.3, -0.25) is 4.79 Å². The van der Waals surface area contributed by atoms with Crippen LogP contribution in [0.1, 0.15) is 71.2 Å². The van der Waals surface area contributed by atoms with E-state index in [4.69, 9.17) is 9.84 Å². The fourth-order valence-electron chi connectivity index (χ4n) is 4.32. The third-order valence-electron chi connectivity index (χ3n) is 5.71. The molecule has 1 fully saturated rings. The Labute approximate surface area is 186 Å². The quantitative estimate of drug-likeness (QED) is 0.471. The second-order valence-corrected chi connectivity index (χ2v) is 7.63. The molecule has 1 saturated carbocycles. The van der Waals surface area contributed by atoms with Gasteiger partial charge < -0.3 is 11.3 Å². The van der Waals surface area contributed by atoms with Gasteiger partial charge in [-0.2, -0.15) is 0 Å². The standard InChI is InChI=1S/C23H28O3.Na.H/c1-2-6-20(15-22(24)25)19-7-9-21(10-8-19)26-17-18-11-14-23(16-18)12-4-3-5-13-23;;/h7-10,16,20H,3-5,11-15,17H2,1H3,(H,24,25);;/q;+1;-1/t20-;;/m0../s1. The van der Waals surface area contributed by atoms with Crippen LogP contribution in [0.25, 0.3) is 0 Å². The van der Waals surface area contributed by atoms with Crippen molar-refractivity contribution in [3.8, 4) is 17.6 Å². The van der Waals surface area contributed by atoms with E-state index in [0.717, 1.165) is 17.7 Å². The summed E-state index contributed by atoms with van der Waals surface area (Å²) in [5.41, 5.74) is 2.82. The smallest absolute Gasteiger partial charge is 1.00 e. The van der Waals surface area contributed by atoms with Crippen molar-refractivity contribution in [3.63, 3.8) is 0 Å². The molecule has 1 spiro atoms. The summed E-state index contributed by atoms with van der Waals surface area (Å²) in [6, 6.07) is 7.71. The molecule has 0 unspecified atom stereocenters. The van der Waals surface area contributed by atoms with Gasteiger partial charge in [0.25, 0.3) is 0 Å². The monoisotopic (exact) mass is 376 g/mol. The Hall–Kier alpha value is -1.21. The first-order valence-electron chi connectivity index (χ1n) is 9.68. The Morgan fingerprint density at radius 3 is 2.56 bits per heavy atom. The minimum absolute atomic E-state index is 0. The van der Waals surface area contributed by atoms with Crippen LogP contribution in [0.4, 0.5) is 0 Å².